The zero-order chi connectivity index (χ0) is 8.27. The third-order valence-electron chi connectivity index (χ3n) is 1.48. The first kappa shape index (κ1) is 7.72. The molecule has 0 aliphatic rings. The molecule has 11 heavy (non-hydrogen) atoms. The maximum Gasteiger partial charge on any atom is 0.0861 e. The van der Waals surface area contributed by atoms with Gasteiger partial charge in [0.05, 0.1) is 11.4 Å². The van der Waals surface area contributed by atoms with Crippen LogP contribution in [0, 0.1) is 6.92 Å². The molecule has 1 aromatic rings. The Kier molecular flexibility index (Phi) is 2.21. The molecule has 1 rings (SSSR count). The Morgan fingerprint density at radius 1 is 1.64 bits per heavy atom. The van der Waals surface area contributed by atoms with E-state index in [1.165, 1.54) is 0 Å². The summed E-state index contributed by atoms with van der Waals surface area (Å²) < 4.78 is 0. The summed E-state index contributed by atoms with van der Waals surface area (Å²) in [5, 5.41) is 3.55. The Morgan fingerprint density at radius 2 is 2.36 bits per heavy atom. The summed E-state index contributed by atoms with van der Waals surface area (Å²) in [6.45, 7) is 3.84. The zero-order valence-corrected chi connectivity index (χ0v) is 6.70. The Hall–Kier alpha value is -1.38. The van der Waals surface area contributed by atoms with Crippen molar-refractivity contribution in [3.8, 4) is 0 Å². The second-order valence-electron chi connectivity index (χ2n) is 2.43. The van der Waals surface area contributed by atoms with Gasteiger partial charge in [0, 0.05) is 6.20 Å². The van der Waals surface area contributed by atoms with Gasteiger partial charge in [0.1, 0.15) is 0 Å². The number of hydrazone groups is 1. The standard InChI is InChI=1S/C8H11N3/c1-6-3-4-10-8(5-6)7(2)11-9/h3-5H,9H2,1-2H3/b11-7+. The molecule has 0 spiro atoms. The molecule has 0 fully saturated rings. The molecule has 2 N–H and O–H groups in total. The summed E-state index contributed by atoms with van der Waals surface area (Å²) in [5.74, 6) is 5.10. The third kappa shape index (κ3) is 1.77. The summed E-state index contributed by atoms with van der Waals surface area (Å²) in [4.78, 5) is 4.10. The van der Waals surface area contributed by atoms with Gasteiger partial charge in [0.15, 0.2) is 0 Å². The van der Waals surface area contributed by atoms with Crippen LogP contribution in [0.3, 0.4) is 0 Å². The fraction of sp³-hybridized carbons (Fsp3) is 0.250. The van der Waals surface area contributed by atoms with Gasteiger partial charge in [-0.2, -0.15) is 5.10 Å². The van der Waals surface area contributed by atoms with Crippen molar-refractivity contribution >= 4 is 5.71 Å². The number of pyridine rings is 1. The van der Waals surface area contributed by atoms with Gasteiger partial charge >= 0.3 is 0 Å². The molecule has 58 valence electrons. The van der Waals surface area contributed by atoms with Crippen LogP contribution in [-0.2, 0) is 0 Å². The molecule has 0 aromatic carbocycles. The lowest BCUT2D eigenvalue weighted by Crippen LogP contribution is -2.01. The minimum atomic E-state index is 0.758. The van der Waals surface area contributed by atoms with Gasteiger partial charge in [-0.3, -0.25) is 4.98 Å². The molecule has 0 aliphatic heterocycles. The van der Waals surface area contributed by atoms with Crippen LogP contribution in [-0.4, -0.2) is 10.7 Å². The summed E-state index contributed by atoms with van der Waals surface area (Å²) in [6.07, 6.45) is 1.75. The van der Waals surface area contributed by atoms with Gasteiger partial charge in [0.25, 0.3) is 0 Å². The van der Waals surface area contributed by atoms with Crippen LogP contribution < -0.4 is 5.84 Å². The van der Waals surface area contributed by atoms with E-state index in [0.29, 0.717) is 0 Å². The van der Waals surface area contributed by atoms with Crippen LogP contribution in [0.15, 0.2) is 23.4 Å². The number of nitrogens with zero attached hydrogens (tertiary/aromatic N) is 2. The quantitative estimate of drug-likeness (QED) is 0.369. The van der Waals surface area contributed by atoms with E-state index >= 15 is 0 Å². The highest BCUT2D eigenvalue weighted by atomic mass is 15.1. The third-order valence-corrected chi connectivity index (χ3v) is 1.48. The zero-order valence-electron chi connectivity index (χ0n) is 6.70. The number of aromatic nitrogens is 1. The van der Waals surface area contributed by atoms with E-state index in [9.17, 15) is 0 Å². The molecule has 0 radical (unpaired) electrons. The second-order valence-corrected chi connectivity index (χ2v) is 2.43. The number of nitrogens with two attached hydrogens (primary N) is 1. The van der Waals surface area contributed by atoms with Gasteiger partial charge in [-0.1, -0.05) is 0 Å². The highest BCUT2D eigenvalue weighted by molar-refractivity contribution is 5.96. The number of aryl methyl sites for hydroxylation is 1. The molecule has 3 heteroatoms. The topological polar surface area (TPSA) is 51.3 Å². The predicted molar refractivity (Wildman–Crippen MR) is 45.4 cm³/mol. The lowest BCUT2D eigenvalue weighted by Gasteiger charge is -1.97. The van der Waals surface area contributed by atoms with E-state index in [0.717, 1.165) is 17.0 Å². The summed E-state index contributed by atoms with van der Waals surface area (Å²) in [5.41, 5.74) is 2.76. The van der Waals surface area contributed by atoms with Crippen molar-refractivity contribution in [2.75, 3.05) is 0 Å². The highest BCUT2D eigenvalue weighted by Crippen LogP contribution is 2.00. The molecule has 0 saturated heterocycles. The number of hydrogen-bond acceptors (Lipinski definition) is 3. The average molecular weight is 149 g/mol. The van der Waals surface area contributed by atoms with E-state index < -0.39 is 0 Å². The van der Waals surface area contributed by atoms with Crippen LogP contribution in [0.5, 0.6) is 0 Å². The van der Waals surface area contributed by atoms with Crippen LogP contribution in [0.2, 0.25) is 0 Å². The van der Waals surface area contributed by atoms with Gasteiger partial charge in [-0.05, 0) is 31.5 Å². The molecule has 0 bridgehead atoms. The Balaban J connectivity index is 3.06. The summed E-state index contributed by atoms with van der Waals surface area (Å²) in [7, 11) is 0. The fourth-order valence-electron chi connectivity index (χ4n) is 0.800. The minimum absolute atomic E-state index is 0.758. The number of rotatable bonds is 1. The molecule has 1 heterocycles. The summed E-state index contributed by atoms with van der Waals surface area (Å²) in [6, 6.07) is 3.89. The molecular weight excluding hydrogens is 138 g/mol. The first-order valence-corrected chi connectivity index (χ1v) is 3.41. The Labute approximate surface area is 66.0 Å². The van der Waals surface area contributed by atoms with Crippen molar-refractivity contribution in [1.82, 2.24) is 4.98 Å². The lowest BCUT2D eigenvalue weighted by atomic mass is 10.2. The largest absolute Gasteiger partial charge is 0.323 e. The van der Waals surface area contributed by atoms with E-state index in [1.807, 2.05) is 26.0 Å². The SMILES string of the molecule is C/C(=N\N)c1cc(C)ccn1. The first-order chi connectivity index (χ1) is 5.24. The van der Waals surface area contributed by atoms with Crippen LogP contribution in [0.25, 0.3) is 0 Å². The van der Waals surface area contributed by atoms with Crippen LogP contribution in [0.4, 0.5) is 0 Å². The Bertz CT molecular complexity index is 278. The van der Waals surface area contributed by atoms with Crippen molar-refractivity contribution in [3.05, 3.63) is 29.6 Å². The molecule has 0 saturated carbocycles. The number of hydrogen-bond donors (Lipinski definition) is 1. The van der Waals surface area contributed by atoms with Crippen molar-refractivity contribution in [2.45, 2.75) is 13.8 Å². The molecular formula is C8H11N3. The van der Waals surface area contributed by atoms with Gasteiger partial charge < -0.3 is 5.84 Å². The van der Waals surface area contributed by atoms with Crippen molar-refractivity contribution in [2.24, 2.45) is 10.9 Å². The highest BCUT2D eigenvalue weighted by Gasteiger charge is 1.96. The van der Waals surface area contributed by atoms with Crippen molar-refractivity contribution < 1.29 is 0 Å². The van der Waals surface area contributed by atoms with E-state index in [1.54, 1.807) is 6.20 Å². The predicted octanol–water partition coefficient (Wildman–Crippen LogP) is 1.07. The van der Waals surface area contributed by atoms with Gasteiger partial charge in [-0.25, -0.2) is 0 Å². The average Bonchev–Trinajstić information content (AvgIpc) is 2.03. The summed E-state index contributed by atoms with van der Waals surface area (Å²) >= 11 is 0. The molecule has 0 atom stereocenters. The second kappa shape index (κ2) is 3.14. The molecule has 3 nitrogen and oxygen atoms in total. The van der Waals surface area contributed by atoms with Gasteiger partial charge in [-0.15, -0.1) is 0 Å². The fourth-order valence-corrected chi connectivity index (χ4v) is 0.800. The lowest BCUT2D eigenvalue weighted by molar-refractivity contribution is 1.19. The molecule has 0 unspecified atom stereocenters. The molecule has 0 amide bonds. The van der Waals surface area contributed by atoms with Crippen LogP contribution >= 0.6 is 0 Å². The smallest absolute Gasteiger partial charge is 0.0861 e. The van der Waals surface area contributed by atoms with E-state index in [2.05, 4.69) is 10.1 Å². The van der Waals surface area contributed by atoms with Gasteiger partial charge in [0.2, 0.25) is 0 Å². The Morgan fingerprint density at radius 3 is 2.91 bits per heavy atom. The van der Waals surface area contributed by atoms with Crippen molar-refractivity contribution in [1.29, 1.82) is 0 Å². The van der Waals surface area contributed by atoms with Crippen LogP contribution in [0.1, 0.15) is 18.2 Å². The first-order valence-electron chi connectivity index (χ1n) is 3.41. The molecule has 0 aliphatic carbocycles. The maximum absolute atomic E-state index is 5.10. The minimum Gasteiger partial charge on any atom is -0.323 e. The maximum atomic E-state index is 5.10. The molecule has 1 aromatic heterocycles. The van der Waals surface area contributed by atoms with E-state index in [4.69, 9.17) is 5.84 Å². The monoisotopic (exact) mass is 149 g/mol. The normalized spacial score (nSPS) is 11.6. The van der Waals surface area contributed by atoms with E-state index in [-0.39, 0.29) is 0 Å². The van der Waals surface area contributed by atoms with Crippen molar-refractivity contribution in [3.63, 3.8) is 0 Å².